The first-order valence-corrected chi connectivity index (χ1v) is 7.74. The zero-order valence-electron chi connectivity index (χ0n) is 12.0. The van der Waals surface area contributed by atoms with Gasteiger partial charge in [-0.15, -0.1) is 0 Å². The van der Waals surface area contributed by atoms with E-state index in [-0.39, 0.29) is 0 Å². The molecule has 5 aromatic rings. The van der Waals surface area contributed by atoms with Crippen molar-refractivity contribution in [2.24, 2.45) is 0 Å². The third-order valence-electron chi connectivity index (χ3n) is 4.11. The number of oxazole rings is 1. The smallest absolute Gasteiger partial charge is 0.307 e. The van der Waals surface area contributed by atoms with Crippen LogP contribution in [0.4, 0.5) is 0 Å². The van der Waals surface area contributed by atoms with Gasteiger partial charge in [-0.05, 0) is 36.4 Å². The van der Waals surface area contributed by atoms with Crippen LogP contribution in [0.25, 0.3) is 38.9 Å². The van der Waals surface area contributed by atoms with E-state index in [2.05, 4.69) is 17.1 Å². The van der Waals surface area contributed by atoms with Crippen molar-refractivity contribution >= 4 is 44.5 Å². The molecule has 0 saturated heterocycles. The van der Waals surface area contributed by atoms with E-state index in [0.717, 1.165) is 37.9 Å². The summed E-state index contributed by atoms with van der Waals surface area (Å²) in [5.41, 5.74) is 3.71. The standard InChI is InChI=1S/C19H11ClN2O/c20-12-9-10-17-14(11-12)13-5-1-3-7-16(13)22(17)19-21-15-6-2-4-8-18(15)23-19/h1-11H. The molecule has 0 fully saturated rings. The van der Waals surface area contributed by atoms with Gasteiger partial charge >= 0.3 is 6.01 Å². The van der Waals surface area contributed by atoms with Crippen LogP contribution in [-0.4, -0.2) is 9.55 Å². The maximum atomic E-state index is 6.19. The Labute approximate surface area is 136 Å². The fourth-order valence-electron chi connectivity index (χ4n) is 3.11. The fourth-order valence-corrected chi connectivity index (χ4v) is 3.28. The lowest BCUT2D eigenvalue weighted by atomic mass is 10.2. The normalized spacial score (nSPS) is 11.7. The lowest BCUT2D eigenvalue weighted by molar-refractivity contribution is 0.574. The Morgan fingerprint density at radius 1 is 0.826 bits per heavy atom. The molecule has 0 amide bonds. The monoisotopic (exact) mass is 318 g/mol. The number of aromatic nitrogens is 2. The van der Waals surface area contributed by atoms with Crippen LogP contribution in [0.2, 0.25) is 5.02 Å². The van der Waals surface area contributed by atoms with Gasteiger partial charge in [-0.25, -0.2) is 0 Å². The summed E-state index contributed by atoms with van der Waals surface area (Å²) in [6.07, 6.45) is 0. The highest BCUT2D eigenvalue weighted by Crippen LogP contribution is 2.33. The van der Waals surface area contributed by atoms with Gasteiger partial charge < -0.3 is 4.42 Å². The molecule has 5 rings (SSSR count). The van der Waals surface area contributed by atoms with Gasteiger partial charge in [0.1, 0.15) is 5.52 Å². The summed E-state index contributed by atoms with van der Waals surface area (Å²) < 4.78 is 8.02. The highest BCUT2D eigenvalue weighted by Gasteiger charge is 2.16. The summed E-state index contributed by atoms with van der Waals surface area (Å²) >= 11 is 6.19. The van der Waals surface area contributed by atoms with Crippen LogP contribution in [0.15, 0.2) is 71.1 Å². The molecule has 0 aliphatic rings. The number of hydrogen-bond donors (Lipinski definition) is 0. The number of fused-ring (bicyclic) bond motifs is 4. The van der Waals surface area contributed by atoms with Gasteiger partial charge in [0.05, 0.1) is 11.0 Å². The average Bonchev–Trinajstić information content (AvgIpc) is 3.13. The molecule has 110 valence electrons. The topological polar surface area (TPSA) is 31.0 Å². The fraction of sp³-hybridized carbons (Fsp3) is 0. The lowest BCUT2D eigenvalue weighted by Crippen LogP contribution is -1.93. The second-order valence-electron chi connectivity index (χ2n) is 5.48. The molecule has 0 unspecified atom stereocenters. The quantitative estimate of drug-likeness (QED) is 0.404. The van der Waals surface area contributed by atoms with Crippen LogP contribution in [-0.2, 0) is 0 Å². The van der Waals surface area contributed by atoms with Gasteiger partial charge in [-0.1, -0.05) is 41.9 Å². The van der Waals surface area contributed by atoms with Gasteiger partial charge in [0.25, 0.3) is 0 Å². The van der Waals surface area contributed by atoms with E-state index < -0.39 is 0 Å². The number of para-hydroxylation sites is 3. The first kappa shape index (κ1) is 12.7. The van der Waals surface area contributed by atoms with Crippen molar-refractivity contribution in [2.45, 2.75) is 0 Å². The van der Waals surface area contributed by atoms with Gasteiger partial charge in [-0.2, -0.15) is 4.98 Å². The van der Waals surface area contributed by atoms with Crippen molar-refractivity contribution < 1.29 is 4.42 Å². The van der Waals surface area contributed by atoms with E-state index in [1.54, 1.807) is 0 Å². The highest BCUT2D eigenvalue weighted by atomic mass is 35.5. The molecule has 0 spiro atoms. The van der Waals surface area contributed by atoms with Crippen molar-refractivity contribution in [2.75, 3.05) is 0 Å². The van der Waals surface area contributed by atoms with E-state index in [1.807, 2.05) is 59.2 Å². The Morgan fingerprint density at radius 3 is 2.52 bits per heavy atom. The summed E-state index contributed by atoms with van der Waals surface area (Å²) in [5.74, 6) is 0. The van der Waals surface area contributed by atoms with Crippen molar-refractivity contribution in [3.63, 3.8) is 0 Å². The molecule has 2 heterocycles. The Balaban J connectivity index is 1.95. The van der Waals surface area contributed by atoms with Crippen molar-refractivity contribution in [1.29, 1.82) is 0 Å². The molecule has 0 aliphatic carbocycles. The van der Waals surface area contributed by atoms with Crippen LogP contribution in [0.1, 0.15) is 0 Å². The maximum absolute atomic E-state index is 6.19. The van der Waals surface area contributed by atoms with Crippen molar-refractivity contribution in [3.8, 4) is 6.01 Å². The predicted octanol–water partition coefficient (Wildman–Crippen LogP) is 5.58. The Hall–Kier alpha value is -2.78. The zero-order valence-corrected chi connectivity index (χ0v) is 12.8. The van der Waals surface area contributed by atoms with Crippen LogP contribution < -0.4 is 0 Å². The van der Waals surface area contributed by atoms with E-state index in [1.165, 1.54) is 0 Å². The summed E-state index contributed by atoms with van der Waals surface area (Å²) in [5, 5.41) is 2.94. The van der Waals surface area contributed by atoms with Gasteiger partial charge in [-0.3, -0.25) is 4.57 Å². The molecular weight excluding hydrogens is 308 g/mol. The minimum absolute atomic E-state index is 0.569. The zero-order chi connectivity index (χ0) is 15.4. The van der Waals surface area contributed by atoms with Gasteiger partial charge in [0, 0.05) is 15.8 Å². The van der Waals surface area contributed by atoms with E-state index in [9.17, 15) is 0 Å². The van der Waals surface area contributed by atoms with Crippen molar-refractivity contribution in [1.82, 2.24) is 9.55 Å². The minimum atomic E-state index is 0.569. The summed E-state index contributed by atoms with van der Waals surface area (Å²) in [6.45, 7) is 0. The molecule has 2 aromatic heterocycles. The summed E-state index contributed by atoms with van der Waals surface area (Å²) in [7, 11) is 0. The van der Waals surface area contributed by atoms with Gasteiger partial charge in [0.2, 0.25) is 0 Å². The number of hydrogen-bond acceptors (Lipinski definition) is 2. The number of halogens is 1. The number of rotatable bonds is 1. The van der Waals surface area contributed by atoms with Crippen LogP contribution >= 0.6 is 11.6 Å². The first-order valence-electron chi connectivity index (χ1n) is 7.36. The third-order valence-corrected chi connectivity index (χ3v) is 4.34. The molecule has 0 aliphatic heterocycles. The number of nitrogens with zero attached hydrogens (tertiary/aromatic N) is 2. The molecule has 4 heteroatoms. The minimum Gasteiger partial charge on any atom is -0.423 e. The molecule has 23 heavy (non-hydrogen) atoms. The summed E-state index contributed by atoms with van der Waals surface area (Å²) in [6, 6.07) is 22.4. The Kier molecular flexibility index (Phi) is 2.55. The SMILES string of the molecule is Clc1ccc2c(c1)c1ccccc1n2-c1nc2ccccc2o1. The molecule has 3 nitrogen and oxygen atoms in total. The third kappa shape index (κ3) is 1.80. The first-order chi connectivity index (χ1) is 11.3. The molecule has 0 saturated carbocycles. The molecule has 0 radical (unpaired) electrons. The maximum Gasteiger partial charge on any atom is 0.307 e. The lowest BCUT2D eigenvalue weighted by Gasteiger charge is -2.01. The van der Waals surface area contributed by atoms with Crippen LogP contribution in [0.3, 0.4) is 0 Å². The van der Waals surface area contributed by atoms with Crippen LogP contribution in [0.5, 0.6) is 0 Å². The van der Waals surface area contributed by atoms with E-state index >= 15 is 0 Å². The predicted molar refractivity (Wildman–Crippen MR) is 93.4 cm³/mol. The molecule has 0 bridgehead atoms. The molecule has 3 aromatic carbocycles. The van der Waals surface area contributed by atoms with E-state index in [4.69, 9.17) is 16.0 Å². The number of benzene rings is 3. The second-order valence-corrected chi connectivity index (χ2v) is 5.91. The summed E-state index contributed by atoms with van der Waals surface area (Å²) in [4.78, 5) is 4.64. The largest absolute Gasteiger partial charge is 0.423 e. The highest BCUT2D eigenvalue weighted by molar-refractivity contribution is 6.31. The second kappa shape index (κ2) is 4.61. The van der Waals surface area contributed by atoms with E-state index in [0.29, 0.717) is 6.01 Å². The molecular formula is C19H11ClN2O. The molecule has 0 N–H and O–H groups in total. The van der Waals surface area contributed by atoms with Crippen LogP contribution in [0, 0.1) is 0 Å². The molecule has 0 atom stereocenters. The van der Waals surface area contributed by atoms with Gasteiger partial charge in [0.15, 0.2) is 5.58 Å². The van der Waals surface area contributed by atoms with Crippen molar-refractivity contribution in [3.05, 3.63) is 71.8 Å². The average molecular weight is 319 g/mol. The Morgan fingerprint density at radius 2 is 1.61 bits per heavy atom. The Bertz CT molecular complexity index is 1150.